The average molecular weight is 247 g/mol. The molecule has 1 aromatic heterocycles. The summed E-state index contributed by atoms with van der Waals surface area (Å²) in [5.41, 5.74) is 5.44. The van der Waals surface area contributed by atoms with E-state index in [1.54, 1.807) is 5.51 Å². The first-order chi connectivity index (χ1) is 8.13. The molecule has 88 valence electrons. The molecule has 0 saturated heterocycles. The van der Waals surface area contributed by atoms with Crippen LogP contribution >= 0.6 is 11.3 Å². The molecular formula is C13H13NO2S. The highest BCUT2D eigenvalue weighted by Crippen LogP contribution is 2.31. The lowest BCUT2D eigenvalue weighted by molar-refractivity contribution is 0.0596. The Hall–Kier alpha value is -1.68. The number of thiazole rings is 1. The molecule has 1 heterocycles. The largest absolute Gasteiger partial charge is 0.464 e. The van der Waals surface area contributed by atoms with Crippen molar-refractivity contribution in [2.24, 2.45) is 0 Å². The van der Waals surface area contributed by atoms with Gasteiger partial charge in [0.2, 0.25) is 0 Å². The van der Waals surface area contributed by atoms with Gasteiger partial charge in [0.25, 0.3) is 0 Å². The van der Waals surface area contributed by atoms with Crippen LogP contribution in [0.4, 0.5) is 0 Å². The zero-order valence-corrected chi connectivity index (χ0v) is 10.8. The van der Waals surface area contributed by atoms with E-state index >= 15 is 0 Å². The van der Waals surface area contributed by atoms with E-state index in [9.17, 15) is 4.79 Å². The number of hydrogen-bond donors (Lipinski definition) is 0. The van der Waals surface area contributed by atoms with Crippen LogP contribution in [0, 0.1) is 13.8 Å². The minimum absolute atomic E-state index is 0.388. The number of aryl methyl sites for hydroxylation is 2. The van der Waals surface area contributed by atoms with E-state index in [-0.39, 0.29) is 5.97 Å². The van der Waals surface area contributed by atoms with Gasteiger partial charge < -0.3 is 4.74 Å². The Morgan fingerprint density at radius 3 is 2.76 bits per heavy atom. The summed E-state index contributed by atoms with van der Waals surface area (Å²) in [6, 6.07) is 6.14. The minimum atomic E-state index is -0.388. The molecule has 0 spiro atoms. The van der Waals surface area contributed by atoms with Gasteiger partial charge in [0.15, 0.2) is 5.69 Å². The second-order valence-corrected chi connectivity index (χ2v) is 4.69. The van der Waals surface area contributed by atoms with Crippen molar-refractivity contribution in [1.29, 1.82) is 0 Å². The Labute approximate surface area is 104 Å². The molecule has 0 radical (unpaired) electrons. The van der Waals surface area contributed by atoms with Crippen molar-refractivity contribution in [3.8, 4) is 10.4 Å². The van der Waals surface area contributed by atoms with E-state index in [1.165, 1.54) is 24.0 Å². The number of nitrogens with zero attached hydrogens (tertiary/aromatic N) is 1. The number of rotatable bonds is 2. The smallest absolute Gasteiger partial charge is 0.358 e. The van der Waals surface area contributed by atoms with Gasteiger partial charge >= 0.3 is 5.97 Å². The molecule has 0 atom stereocenters. The van der Waals surface area contributed by atoms with Crippen LogP contribution in [0.3, 0.4) is 0 Å². The van der Waals surface area contributed by atoms with Crippen molar-refractivity contribution in [3.05, 3.63) is 40.5 Å². The van der Waals surface area contributed by atoms with E-state index in [0.29, 0.717) is 5.69 Å². The van der Waals surface area contributed by atoms with Crippen LogP contribution in [-0.4, -0.2) is 18.1 Å². The Morgan fingerprint density at radius 2 is 2.12 bits per heavy atom. The Morgan fingerprint density at radius 1 is 1.35 bits per heavy atom. The predicted octanol–water partition coefficient (Wildman–Crippen LogP) is 3.21. The third-order valence-corrected chi connectivity index (χ3v) is 3.43. The van der Waals surface area contributed by atoms with Gasteiger partial charge in [-0.1, -0.05) is 23.8 Å². The van der Waals surface area contributed by atoms with Crippen LogP contribution < -0.4 is 0 Å². The number of aromatic nitrogens is 1. The summed E-state index contributed by atoms with van der Waals surface area (Å²) >= 11 is 1.45. The maximum Gasteiger partial charge on any atom is 0.358 e. The third-order valence-electron chi connectivity index (χ3n) is 2.57. The van der Waals surface area contributed by atoms with E-state index in [1.807, 2.05) is 26.0 Å². The van der Waals surface area contributed by atoms with Crippen LogP contribution in [-0.2, 0) is 4.74 Å². The quantitative estimate of drug-likeness (QED) is 0.765. The lowest BCUT2D eigenvalue weighted by atomic mass is 10.0. The van der Waals surface area contributed by atoms with Gasteiger partial charge in [0.1, 0.15) is 0 Å². The maximum atomic E-state index is 11.6. The molecule has 4 heteroatoms. The summed E-state index contributed by atoms with van der Waals surface area (Å²) in [4.78, 5) is 16.5. The topological polar surface area (TPSA) is 39.2 Å². The molecule has 0 aliphatic rings. The first-order valence-corrected chi connectivity index (χ1v) is 6.11. The number of ether oxygens (including phenoxy) is 1. The summed E-state index contributed by atoms with van der Waals surface area (Å²) in [6.45, 7) is 4.08. The van der Waals surface area contributed by atoms with Gasteiger partial charge in [0, 0.05) is 0 Å². The zero-order valence-electron chi connectivity index (χ0n) is 9.98. The third kappa shape index (κ3) is 2.22. The van der Waals surface area contributed by atoms with E-state index in [2.05, 4.69) is 11.1 Å². The highest BCUT2D eigenvalue weighted by molar-refractivity contribution is 7.13. The first kappa shape index (κ1) is 11.8. The van der Waals surface area contributed by atoms with Crippen LogP contribution in [0.15, 0.2) is 23.7 Å². The SMILES string of the molecule is COC(=O)c1ncsc1-c1ccc(C)cc1C. The average Bonchev–Trinajstić information content (AvgIpc) is 2.77. The summed E-state index contributed by atoms with van der Waals surface area (Å²) < 4.78 is 4.73. The lowest BCUT2D eigenvalue weighted by Crippen LogP contribution is -2.03. The number of esters is 1. The highest BCUT2D eigenvalue weighted by Gasteiger charge is 2.17. The molecule has 0 aliphatic heterocycles. The van der Waals surface area contributed by atoms with Gasteiger partial charge in [-0.3, -0.25) is 0 Å². The molecule has 0 saturated carbocycles. The van der Waals surface area contributed by atoms with E-state index in [0.717, 1.165) is 16.0 Å². The number of methoxy groups -OCH3 is 1. The Kier molecular flexibility index (Phi) is 3.24. The monoisotopic (exact) mass is 247 g/mol. The second kappa shape index (κ2) is 4.67. The van der Waals surface area contributed by atoms with Crippen molar-refractivity contribution < 1.29 is 9.53 Å². The molecule has 2 rings (SSSR count). The van der Waals surface area contributed by atoms with Gasteiger partial charge in [-0.15, -0.1) is 11.3 Å². The van der Waals surface area contributed by atoms with Crippen molar-refractivity contribution in [2.45, 2.75) is 13.8 Å². The Balaban J connectivity index is 2.53. The van der Waals surface area contributed by atoms with Crippen LogP contribution in [0.25, 0.3) is 10.4 Å². The summed E-state index contributed by atoms with van der Waals surface area (Å²) in [7, 11) is 1.37. The van der Waals surface area contributed by atoms with Crippen molar-refractivity contribution in [2.75, 3.05) is 7.11 Å². The lowest BCUT2D eigenvalue weighted by Gasteiger charge is -2.06. The fraction of sp³-hybridized carbons (Fsp3) is 0.231. The standard InChI is InChI=1S/C13H13NO2S/c1-8-4-5-10(9(2)6-8)12-11(13(15)16-3)14-7-17-12/h4-7H,1-3H3. The summed E-state index contributed by atoms with van der Waals surface area (Å²) in [5.74, 6) is -0.388. The van der Waals surface area contributed by atoms with E-state index < -0.39 is 0 Å². The molecule has 1 aromatic carbocycles. The predicted molar refractivity (Wildman–Crippen MR) is 68.4 cm³/mol. The van der Waals surface area contributed by atoms with Crippen molar-refractivity contribution in [1.82, 2.24) is 4.98 Å². The number of hydrogen-bond acceptors (Lipinski definition) is 4. The van der Waals surface area contributed by atoms with Crippen LogP contribution in [0.1, 0.15) is 21.6 Å². The molecule has 0 N–H and O–H groups in total. The molecular weight excluding hydrogens is 234 g/mol. The zero-order chi connectivity index (χ0) is 12.4. The van der Waals surface area contributed by atoms with Crippen LogP contribution in [0.5, 0.6) is 0 Å². The molecule has 0 bridgehead atoms. The van der Waals surface area contributed by atoms with Gasteiger partial charge in [-0.05, 0) is 25.0 Å². The number of carbonyl (C=O) groups excluding carboxylic acids is 1. The molecule has 0 unspecified atom stereocenters. The number of carbonyl (C=O) groups is 1. The minimum Gasteiger partial charge on any atom is -0.464 e. The molecule has 2 aromatic rings. The second-order valence-electron chi connectivity index (χ2n) is 3.84. The van der Waals surface area contributed by atoms with Crippen molar-refractivity contribution in [3.63, 3.8) is 0 Å². The first-order valence-electron chi connectivity index (χ1n) is 5.23. The summed E-state index contributed by atoms with van der Waals surface area (Å²) in [6.07, 6.45) is 0. The normalized spacial score (nSPS) is 10.3. The van der Waals surface area contributed by atoms with Gasteiger partial charge in [-0.25, -0.2) is 9.78 Å². The fourth-order valence-corrected chi connectivity index (χ4v) is 2.61. The van der Waals surface area contributed by atoms with Crippen LogP contribution in [0.2, 0.25) is 0 Å². The Bertz CT molecular complexity index is 560. The van der Waals surface area contributed by atoms with Crippen molar-refractivity contribution >= 4 is 17.3 Å². The molecule has 0 aliphatic carbocycles. The number of benzene rings is 1. The molecule has 3 nitrogen and oxygen atoms in total. The fourth-order valence-electron chi connectivity index (χ4n) is 1.75. The molecule has 0 amide bonds. The van der Waals surface area contributed by atoms with Gasteiger partial charge in [-0.2, -0.15) is 0 Å². The highest BCUT2D eigenvalue weighted by atomic mass is 32.1. The molecule has 17 heavy (non-hydrogen) atoms. The van der Waals surface area contributed by atoms with E-state index in [4.69, 9.17) is 4.74 Å². The molecule has 0 fully saturated rings. The van der Waals surface area contributed by atoms with Gasteiger partial charge in [0.05, 0.1) is 17.5 Å². The maximum absolute atomic E-state index is 11.6. The summed E-state index contributed by atoms with van der Waals surface area (Å²) in [5, 5.41) is 0.